The number of aryl methyl sites for hydroxylation is 1. The van der Waals surface area contributed by atoms with Gasteiger partial charge in [0.1, 0.15) is 17.3 Å². The van der Waals surface area contributed by atoms with Crippen LogP contribution in [0, 0.1) is 18.3 Å². The van der Waals surface area contributed by atoms with Gasteiger partial charge in [-0.15, -0.1) is 0 Å². The average molecular weight is 584 g/mol. The van der Waals surface area contributed by atoms with Crippen LogP contribution < -0.4 is 10.2 Å². The van der Waals surface area contributed by atoms with E-state index in [9.17, 15) is 20.0 Å². The summed E-state index contributed by atoms with van der Waals surface area (Å²) >= 11 is 5.93. The highest BCUT2D eigenvalue weighted by Gasteiger charge is 2.34. The first-order chi connectivity index (χ1) is 20.2. The number of benzene rings is 2. The van der Waals surface area contributed by atoms with Gasteiger partial charge in [0, 0.05) is 25.7 Å². The third kappa shape index (κ3) is 5.83. The number of aromatic carboxylic acids is 1. The zero-order valence-corrected chi connectivity index (χ0v) is 24.3. The number of hydrogen-bond acceptors (Lipinski definition) is 8. The maximum Gasteiger partial charge on any atom is 0.356 e. The number of nitriles is 1. The number of carboxylic acids is 1. The molecule has 5 rings (SSSR count). The van der Waals surface area contributed by atoms with Crippen molar-refractivity contribution in [3.8, 4) is 6.07 Å². The average Bonchev–Trinajstić information content (AvgIpc) is 2.98. The number of likely N-dealkylation sites (N-methyl/N-ethyl adjacent to an activating group) is 1. The van der Waals surface area contributed by atoms with E-state index in [1.54, 1.807) is 18.0 Å². The van der Waals surface area contributed by atoms with Crippen molar-refractivity contribution in [1.29, 1.82) is 5.26 Å². The Morgan fingerprint density at radius 2 is 1.98 bits per heavy atom. The molecular weight excluding hydrogens is 554 g/mol. The highest BCUT2D eigenvalue weighted by atomic mass is 35.5. The third-order valence-corrected chi connectivity index (χ3v) is 7.66. The van der Waals surface area contributed by atoms with Crippen LogP contribution in [-0.2, 0) is 11.3 Å². The van der Waals surface area contributed by atoms with Crippen LogP contribution in [0.5, 0.6) is 0 Å². The molecule has 0 aliphatic carbocycles. The summed E-state index contributed by atoms with van der Waals surface area (Å²) in [6, 6.07) is 18.0. The Bertz CT molecular complexity index is 1710. The number of halogens is 1. The second-order valence-corrected chi connectivity index (χ2v) is 10.8. The van der Waals surface area contributed by atoms with E-state index >= 15 is 0 Å². The molecule has 2 N–H and O–H groups in total. The Hall–Kier alpha value is -4.75. The quantitative estimate of drug-likeness (QED) is 0.263. The lowest BCUT2D eigenvalue weighted by Gasteiger charge is -2.37. The van der Waals surface area contributed by atoms with Crippen LogP contribution in [0.25, 0.3) is 11.0 Å². The second kappa shape index (κ2) is 12.0. The van der Waals surface area contributed by atoms with Gasteiger partial charge < -0.3 is 20.2 Å². The van der Waals surface area contributed by atoms with Crippen molar-refractivity contribution in [3.63, 3.8) is 0 Å². The fraction of sp³-hybridized carbons (Fsp3) is 0.290. The first-order valence-corrected chi connectivity index (χ1v) is 14.0. The number of carbonyl (C=O) groups is 2. The lowest BCUT2D eigenvalue weighted by atomic mass is 10.0. The van der Waals surface area contributed by atoms with Gasteiger partial charge in [0.05, 0.1) is 22.8 Å². The summed E-state index contributed by atoms with van der Waals surface area (Å²) < 4.78 is 0. The molecule has 1 saturated heterocycles. The predicted molar refractivity (Wildman–Crippen MR) is 161 cm³/mol. The van der Waals surface area contributed by atoms with Crippen LogP contribution in [0.1, 0.15) is 58.7 Å². The van der Waals surface area contributed by atoms with Gasteiger partial charge in [0.25, 0.3) is 0 Å². The smallest absolute Gasteiger partial charge is 0.356 e. The standard InChI is InChI=1S/C31H30ClN7O3/c1-18-14-21(19(2)34-22-11-12-26(32)36-28(22)31(41)42)27-23(15-18)35-24(16-33)29(37-27)38(3)25-10-7-13-39(30(25)40)17-20-8-5-4-6-9-20/h4-6,8-9,11-12,14-15,19,25,34H,7,10,13,17H2,1-3H3,(H,41,42)/t19-,25?/m1/s1. The maximum absolute atomic E-state index is 13.6. The number of nitrogens with one attached hydrogen (secondary N) is 1. The van der Waals surface area contributed by atoms with Crippen LogP contribution in [0.4, 0.5) is 11.5 Å². The van der Waals surface area contributed by atoms with Gasteiger partial charge in [-0.2, -0.15) is 5.26 Å². The molecule has 2 aromatic carbocycles. The van der Waals surface area contributed by atoms with E-state index in [1.807, 2.05) is 61.2 Å². The Balaban J connectivity index is 1.50. The number of pyridine rings is 1. The molecule has 42 heavy (non-hydrogen) atoms. The van der Waals surface area contributed by atoms with E-state index in [0.717, 1.165) is 23.1 Å². The number of rotatable bonds is 8. The molecule has 1 aliphatic rings. The molecule has 1 amide bonds. The summed E-state index contributed by atoms with van der Waals surface area (Å²) in [4.78, 5) is 42.5. The normalized spacial score (nSPS) is 15.7. The number of anilines is 2. The summed E-state index contributed by atoms with van der Waals surface area (Å²) in [5.41, 5.74) is 4.02. The van der Waals surface area contributed by atoms with Gasteiger partial charge in [0.15, 0.2) is 17.2 Å². The molecule has 0 radical (unpaired) electrons. The van der Waals surface area contributed by atoms with Crippen molar-refractivity contribution in [2.75, 3.05) is 23.8 Å². The van der Waals surface area contributed by atoms with E-state index in [2.05, 4.69) is 21.4 Å². The molecule has 1 fully saturated rings. The number of likely N-dealkylation sites (tertiary alicyclic amines) is 1. The minimum Gasteiger partial charge on any atom is -0.476 e. The SMILES string of the molecule is Cc1cc([C@@H](C)Nc2ccc(Cl)nc2C(=O)O)c2nc(N(C)C3CCCN(Cc4ccccc4)C3=O)c(C#N)nc2c1. The van der Waals surface area contributed by atoms with Gasteiger partial charge in [-0.25, -0.2) is 19.7 Å². The number of fused-ring (bicyclic) bond motifs is 1. The topological polar surface area (TPSA) is 135 Å². The summed E-state index contributed by atoms with van der Waals surface area (Å²) in [6.07, 6.45) is 1.45. The molecule has 0 saturated carbocycles. The van der Waals surface area contributed by atoms with E-state index in [-0.39, 0.29) is 22.4 Å². The molecule has 11 heteroatoms. The van der Waals surface area contributed by atoms with Crippen molar-refractivity contribution >= 4 is 46.0 Å². The van der Waals surface area contributed by atoms with E-state index in [0.29, 0.717) is 42.0 Å². The van der Waals surface area contributed by atoms with Gasteiger partial charge in [-0.3, -0.25) is 4.79 Å². The molecule has 0 spiro atoms. The molecule has 2 atom stereocenters. The first kappa shape index (κ1) is 28.8. The van der Waals surface area contributed by atoms with Crippen LogP contribution in [0.3, 0.4) is 0 Å². The van der Waals surface area contributed by atoms with Crippen LogP contribution in [-0.4, -0.2) is 56.5 Å². The Kier molecular flexibility index (Phi) is 8.22. The molecule has 1 aliphatic heterocycles. The Morgan fingerprint density at radius 3 is 2.69 bits per heavy atom. The monoisotopic (exact) mass is 583 g/mol. The lowest BCUT2D eigenvalue weighted by Crippen LogP contribution is -2.51. The summed E-state index contributed by atoms with van der Waals surface area (Å²) in [5.74, 6) is -0.905. The lowest BCUT2D eigenvalue weighted by molar-refractivity contribution is -0.135. The van der Waals surface area contributed by atoms with Crippen molar-refractivity contribution in [2.24, 2.45) is 0 Å². The van der Waals surface area contributed by atoms with Gasteiger partial charge in [-0.1, -0.05) is 48.0 Å². The predicted octanol–water partition coefficient (Wildman–Crippen LogP) is 5.36. The van der Waals surface area contributed by atoms with Gasteiger partial charge in [-0.05, 0) is 56.0 Å². The maximum atomic E-state index is 13.6. The fourth-order valence-electron chi connectivity index (χ4n) is 5.39. The second-order valence-electron chi connectivity index (χ2n) is 10.4. The van der Waals surface area contributed by atoms with Crippen molar-refractivity contribution in [2.45, 2.75) is 45.3 Å². The highest BCUT2D eigenvalue weighted by molar-refractivity contribution is 6.29. The largest absolute Gasteiger partial charge is 0.476 e. The minimum atomic E-state index is -1.21. The summed E-state index contributed by atoms with van der Waals surface area (Å²) in [5, 5.41) is 23.0. The third-order valence-electron chi connectivity index (χ3n) is 7.45. The zero-order valence-electron chi connectivity index (χ0n) is 23.5. The molecule has 2 aromatic heterocycles. The molecule has 3 heterocycles. The minimum absolute atomic E-state index is 0.0195. The Morgan fingerprint density at radius 1 is 1.21 bits per heavy atom. The molecule has 4 aromatic rings. The van der Waals surface area contributed by atoms with E-state index < -0.39 is 18.1 Å². The number of hydrogen-bond donors (Lipinski definition) is 2. The van der Waals surface area contributed by atoms with Gasteiger partial charge >= 0.3 is 5.97 Å². The molecule has 10 nitrogen and oxygen atoms in total. The van der Waals surface area contributed by atoms with Crippen LogP contribution >= 0.6 is 11.6 Å². The number of amides is 1. The number of piperidine rings is 1. The van der Waals surface area contributed by atoms with Crippen molar-refractivity contribution < 1.29 is 14.7 Å². The van der Waals surface area contributed by atoms with E-state index in [1.165, 1.54) is 6.07 Å². The van der Waals surface area contributed by atoms with Gasteiger partial charge in [0.2, 0.25) is 5.91 Å². The van der Waals surface area contributed by atoms with E-state index in [4.69, 9.17) is 16.6 Å². The fourth-order valence-corrected chi connectivity index (χ4v) is 5.54. The summed E-state index contributed by atoms with van der Waals surface area (Å²) in [7, 11) is 1.78. The Labute approximate surface area is 248 Å². The molecule has 214 valence electrons. The van der Waals surface area contributed by atoms with Crippen LogP contribution in [0.2, 0.25) is 5.15 Å². The molecule has 1 unspecified atom stereocenters. The van der Waals surface area contributed by atoms with Crippen LogP contribution in [0.15, 0.2) is 54.6 Å². The number of aromatic nitrogens is 3. The summed E-state index contributed by atoms with van der Waals surface area (Å²) in [6.45, 7) is 4.97. The molecule has 0 bridgehead atoms. The number of nitrogens with zero attached hydrogens (tertiary/aromatic N) is 6. The van der Waals surface area contributed by atoms with Crippen molar-refractivity contribution in [3.05, 3.63) is 87.8 Å². The number of carbonyl (C=O) groups excluding carboxylic acids is 1. The highest BCUT2D eigenvalue weighted by Crippen LogP contribution is 2.32. The van der Waals surface area contributed by atoms with Crippen molar-refractivity contribution in [1.82, 2.24) is 19.9 Å². The first-order valence-electron chi connectivity index (χ1n) is 13.6. The zero-order chi connectivity index (χ0) is 30.0. The molecular formula is C31H30ClN7O3. The number of carboxylic acid groups (broad SMARTS) is 1.